The van der Waals surface area contributed by atoms with Crippen LogP contribution in [0.25, 0.3) is 10.9 Å². The molecule has 0 spiro atoms. The number of aliphatic hydroxyl groups excluding tert-OH is 1. The number of aliphatic hydroxyl groups is 1. The first-order valence-electron chi connectivity index (χ1n) is 7.17. The number of carbonyl (C=O) groups is 1. The highest BCUT2D eigenvalue weighted by Gasteiger charge is 2.18. The van der Waals surface area contributed by atoms with Crippen LogP contribution >= 0.6 is 0 Å². The van der Waals surface area contributed by atoms with Gasteiger partial charge in [0.15, 0.2) is 0 Å². The van der Waals surface area contributed by atoms with Crippen LogP contribution in [0.5, 0.6) is 5.75 Å². The first kappa shape index (κ1) is 16.8. The molecule has 0 aliphatic heterocycles. The lowest BCUT2D eigenvalue weighted by molar-refractivity contribution is 0.0492. The van der Waals surface area contributed by atoms with Crippen molar-refractivity contribution in [1.29, 1.82) is 0 Å². The summed E-state index contributed by atoms with van der Waals surface area (Å²) in [5.74, 6) is -0.0891. The third-order valence-corrected chi connectivity index (χ3v) is 3.10. The Morgan fingerprint density at radius 3 is 2.65 bits per heavy atom. The highest BCUT2D eigenvalue weighted by molar-refractivity contribution is 5.87. The van der Waals surface area contributed by atoms with Crippen molar-refractivity contribution < 1.29 is 19.7 Å². The van der Waals surface area contributed by atoms with Gasteiger partial charge >= 0.3 is 6.09 Å². The molecule has 23 heavy (non-hydrogen) atoms. The Balaban J connectivity index is 2.19. The summed E-state index contributed by atoms with van der Waals surface area (Å²) < 4.78 is 5.10. The van der Waals surface area contributed by atoms with Crippen LogP contribution < -0.4 is 10.9 Å². The molecule has 2 rings (SSSR count). The van der Waals surface area contributed by atoms with Crippen molar-refractivity contribution >= 4 is 17.0 Å². The Bertz CT molecular complexity index is 776. The average molecular weight is 320 g/mol. The summed E-state index contributed by atoms with van der Waals surface area (Å²) >= 11 is 0. The molecule has 1 amide bonds. The lowest BCUT2D eigenvalue weighted by atomic mass is 10.0. The topological polar surface area (TPSA) is 112 Å². The third kappa shape index (κ3) is 4.23. The molecule has 4 N–H and O–H groups in total. The van der Waals surface area contributed by atoms with E-state index in [1.807, 2.05) is 0 Å². The number of aromatic hydroxyl groups is 1. The molecular formula is C16H20N2O5. The van der Waals surface area contributed by atoms with E-state index in [1.54, 1.807) is 20.8 Å². The molecule has 0 bridgehead atoms. The minimum atomic E-state index is -1.02. The van der Waals surface area contributed by atoms with Gasteiger partial charge in [-0.3, -0.25) is 4.79 Å². The molecule has 0 aliphatic carbocycles. The predicted molar refractivity (Wildman–Crippen MR) is 85.4 cm³/mol. The molecule has 1 aromatic heterocycles. The van der Waals surface area contributed by atoms with Gasteiger partial charge in [0.25, 0.3) is 0 Å². The lowest BCUT2D eigenvalue weighted by Gasteiger charge is -2.21. The van der Waals surface area contributed by atoms with E-state index in [9.17, 15) is 19.8 Å². The van der Waals surface area contributed by atoms with E-state index in [1.165, 1.54) is 24.3 Å². The van der Waals surface area contributed by atoms with Crippen LogP contribution in [0.3, 0.4) is 0 Å². The molecule has 7 heteroatoms. The fraction of sp³-hybridized carbons (Fsp3) is 0.375. The highest BCUT2D eigenvalue weighted by Crippen LogP contribution is 2.28. The van der Waals surface area contributed by atoms with Gasteiger partial charge in [0.2, 0.25) is 5.56 Å². The SMILES string of the molecule is CC(C)(C)OC(=O)NCC(O)c1ccc(O)c2[nH]c(=O)ccc12. The summed E-state index contributed by atoms with van der Waals surface area (Å²) in [6.45, 7) is 5.17. The van der Waals surface area contributed by atoms with Crippen molar-refractivity contribution in [2.45, 2.75) is 32.5 Å². The van der Waals surface area contributed by atoms with Gasteiger partial charge in [0.05, 0.1) is 18.2 Å². The van der Waals surface area contributed by atoms with Gasteiger partial charge in [-0.25, -0.2) is 4.79 Å². The number of ether oxygens (including phenoxy) is 1. The third-order valence-electron chi connectivity index (χ3n) is 3.10. The number of fused-ring (bicyclic) bond motifs is 1. The van der Waals surface area contributed by atoms with Gasteiger partial charge in [-0.05, 0) is 38.5 Å². The molecule has 1 atom stereocenters. The Labute approximate surface area is 132 Å². The Morgan fingerprint density at radius 1 is 1.30 bits per heavy atom. The second-order valence-corrected chi connectivity index (χ2v) is 6.18. The number of H-pyrrole nitrogens is 1. The van der Waals surface area contributed by atoms with E-state index < -0.39 is 17.8 Å². The minimum Gasteiger partial charge on any atom is -0.506 e. The second kappa shape index (κ2) is 6.29. The standard InChI is InChI=1S/C16H20N2O5/c1-16(2,3)23-15(22)17-8-12(20)9-4-6-11(19)14-10(9)5-7-13(21)18-14/h4-7,12,19-20H,8H2,1-3H3,(H,17,22)(H,18,21). The number of hydrogen-bond donors (Lipinski definition) is 4. The van der Waals surface area contributed by atoms with Gasteiger partial charge in [-0.15, -0.1) is 0 Å². The molecule has 1 heterocycles. The second-order valence-electron chi connectivity index (χ2n) is 6.18. The normalized spacial score (nSPS) is 12.9. The summed E-state index contributed by atoms with van der Waals surface area (Å²) in [4.78, 5) is 25.5. The van der Waals surface area contributed by atoms with Gasteiger partial charge in [0, 0.05) is 11.5 Å². The fourth-order valence-corrected chi connectivity index (χ4v) is 2.15. The molecule has 1 aromatic carbocycles. The van der Waals surface area contributed by atoms with E-state index in [4.69, 9.17) is 4.74 Å². The van der Waals surface area contributed by atoms with E-state index in [0.717, 1.165) is 0 Å². The van der Waals surface area contributed by atoms with Gasteiger partial charge in [0.1, 0.15) is 11.4 Å². The van der Waals surface area contributed by atoms with Crippen LogP contribution in [0.2, 0.25) is 0 Å². The smallest absolute Gasteiger partial charge is 0.407 e. The Hall–Kier alpha value is -2.54. The number of pyridine rings is 1. The zero-order chi connectivity index (χ0) is 17.2. The number of carbonyl (C=O) groups excluding carboxylic acids is 1. The summed E-state index contributed by atoms with van der Waals surface area (Å²) in [6.07, 6.45) is -1.65. The number of rotatable bonds is 3. The summed E-state index contributed by atoms with van der Waals surface area (Å²) in [7, 11) is 0. The van der Waals surface area contributed by atoms with Gasteiger partial charge in [-0.1, -0.05) is 6.07 Å². The predicted octanol–water partition coefficient (Wildman–Crippen LogP) is 1.79. The van der Waals surface area contributed by atoms with Crippen LogP contribution in [0.15, 0.2) is 29.1 Å². The zero-order valence-electron chi connectivity index (χ0n) is 13.2. The fourth-order valence-electron chi connectivity index (χ4n) is 2.15. The minimum absolute atomic E-state index is 0.0616. The quantitative estimate of drug-likeness (QED) is 0.689. The maximum Gasteiger partial charge on any atom is 0.407 e. The van der Waals surface area contributed by atoms with Crippen LogP contribution in [0.4, 0.5) is 4.79 Å². The van der Waals surface area contributed by atoms with Crippen molar-refractivity contribution in [2.24, 2.45) is 0 Å². The number of amides is 1. The van der Waals surface area contributed by atoms with Crippen LogP contribution in [-0.4, -0.2) is 33.4 Å². The molecule has 0 saturated heterocycles. The number of alkyl carbamates (subject to hydrolysis) is 1. The highest BCUT2D eigenvalue weighted by atomic mass is 16.6. The maximum atomic E-state index is 11.6. The number of aromatic amines is 1. The van der Waals surface area contributed by atoms with E-state index >= 15 is 0 Å². The Morgan fingerprint density at radius 2 is 2.00 bits per heavy atom. The largest absolute Gasteiger partial charge is 0.506 e. The van der Waals surface area contributed by atoms with Gasteiger partial charge < -0.3 is 25.3 Å². The first-order chi connectivity index (χ1) is 10.7. The monoisotopic (exact) mass is 320 g/mol. The maximum absolute atomic E-state index is 11.6. The van der Waals surface area contributed by atoms with Crippen molar-refractivity contribution in [2.75, 3.05) is 6.54 Å². The number of nitrogens with one attached hydrogen (secondary N) is 2. The van der Waals surface area contributed by atoms with E-state index in [-0.39, 0.29) is 23.4 Å². The van der Waals surface area contributed by atoms with Crippen LogP contribution in [0, 0.1) is 0 Å². The first-order valence-corrected chi connectivity index (χ1v) is 7.17. The molecule has 0 fully saturated rings. The molecule has 0 saturated carbocycles. The van der Waals surface area contributed by atoms with Crippen molar-refractivity contribution in [3.05, 3.63) is 40.2 Å². The molecule has 124 valence electrons. The van der Waals surface area contributed by atoms with E-state index in [0.29, 0.717) is 10.9 Å². The van der Waals surface area contributed by atoms with Crippen molar-refractivity contribution in [1.82, 2.24) is 10.3 Å². The molecule has 1 unspecified atom stereocenters. The number of hydrogen-bond acceptors (Lipinski definition) is 5. The number of phenols is 1. The summed E-state index contributed by atoms with van der Waals surface area (Å²) in [6, 6.07) is 5.74. The van der Waals surface area contributed by atoms with Crippen molar-refractivity contribution in [3.63, 3.8) is 0 Å². The average Bonchev–Trinajstić information content (AvgIpc) is 2.44. The lowest BCUT2D eigenvalue weighted by Crippen LogP contribution is -2.34. The van der Waals surface area contributed by atoms with Crippen LogP contribution in [0.1, 0.15) is 32.4 Å². The summed E-state index contributed by atoms with van der Waals surface area (Å²) in [5, 5.41) is 23.1. The Kier molecular flexibility index (Phi) is 4.60. The van der Waals surface area contributed by atoms with E-state index in [2.05, 4.69) is 10.3 Å². The molecular weight excluding hydrogens is 300 g/mol. The molecule has 2 aromatic rings. The summed E-state index contributed by atoms with van der Waals surface area (Å²) in [5.41, 5.74) is -0.262. The molecule has 7 nitrogen and oxygen atoms in total. The number of phenolic OH excluding ortho intramolecular Hbond substituents is 1. The number of aromatic nitrogens is 1. The van der Waals surface area contributed by atoms with Crippen molar-refractivity contribution in [3.8, 4) is 5.75 Å². The number of benzene rings is 1. The molecule has 0 aliphatic rings. The zero-order valence-corrected chi connectivity index (χ0v) is 13.2. The molecule has 0 radical (unpaired) electrons. The van der Waals surface area contributed by atoms with Crippen LogP contribution in [-0.2, 0) is 4.74 Å². The van der Waals surface area contributed by atoms with Gasteiger partial charge in [-0.2, -0.15) is 0 Å².